The van der Waals surface area contributed by atoms with Gasteiger partial charge in [0.1, 0.15) is 5.75 Å². The van der Waals surface area contributed by atoms with E-state index in [-0.39, 0.29) is 12.5 Å². The summed E-state index contributed by atoms with van der Waals surface area (Å²) in [6.45, 7) is 2.59. The van der Waals surface area contributed by atoms with Crippen LogP contribution in [0.15, 0.2) is 18.2 Å². The molecule has 0 heterocycles. The summed E-state index contributed by atoms with van der Waals surface area (Å²) in [5.41, 5.74) is 0.439. The Morgan fingerprint density at radius 1 is 1.58 bits per heavy atom. The first-order valence-corrected chi connectivity index (χ1v) is 6.88. The summed E-state index contributed by atoms with van der Waals surface area (Å²) in [5, 5.41) is 13.0. The van der Waals surface area contributed by atoms with Crippen LogP contribution < -0.4 is 10.1 Å². The first kappa shape index (κ1) is 14.2. The normalized spacial score (nSPS) is 15.9. The Bertz CT molecular complexity index is 460. The lowest BCUT2D eigenvalue weighted by Gasteiger charge is -2.13. The van der Waals surface area contributed by atoms with Crippen LogP contribution in [0.1, 0.15) is 30.1 Å². The van der Waals surface area contributed by atoms with Crippen molar-refractivity contribution < 1.29 is 14.6 Å². The number of aliphatic hydroxyl groups is 1. The van der Waals surface area contributed by atoms with E-state index in [1.54, 1.807) is 18.2 Å². The summed E-state index contributed by atoms with van der Waals surface area (Å²) < 4.78 is 5.40. The summed E-state index contributed by atoms with van der Waals surface area (Å²) in [7, 11) is 0. The minimum Gasteiger partial charge on any atom is -0.493 e. The van der Waals surface area contributed by atoms with Gasteiger partial charge in [0.25, 0.3) is 5.91 Å². The van der Waals surface area contributed by atoms with E-state index in [0.29, 0.717) is 28.9 Å². The highest BCUT2D eigenvalue weighted by Crippen LogP contribution is 2.32. The number of halogens is 1. The zero-order valence-corrected chi connectivity index (χ0v) is 11.6. The van der Waals surface area contributed by atoms with Crippen LogP contribution in [0, 0.1) is 5.92 Å². The van der Waals surface area contributed by atoms with Crippen LogP contribution >= 0.6 is 11.6 Å². The molecule has 4 nitrogen and oxygen atoms in total. The van der Waals surface area contributed by atoms with Gasteiger partial charge in [-0.1, -0.05) is 11.6 Å². The van der Waals surface area contributed by atoms with E-state index in [4.69, 9.17) is 16.3 Å². The number of rotatable bonds is 6. The largest absolute Gasteiger partial charge is 0.493 e. The lowest BCUT2D eigenvalue weighted by atomic mass is 10.1. The quantitative estimate of drug-likeness (QED) is 0.842. The van der Waals surface area contributed by atoms with E-state index in [1.807, 2.05) is 6.92 Å². The first-order valence-electron chi connectivity index (χ1n) is 6.50. The molecule has 0 spiro atoms. The molecule has 1 fully saturated rings. The molecule has 1 saturated carbocycles. The molecule has 19 heavy (non-hydrogen) atoms. The average Bonchev–Trinajstić information content (AvgIpc) is 3.20. The summed E-state index contributed by atoms with van der Waals surface area (Å²) >= 11 is 5.88. The van der Waals surface area contributed by atoms with Gasteiger partial charge in [-0.3, -0.25) is 4.79 Å². The van der Waals surface area contributed by atoms with E-state index >= 15 is 0 Å². The van der Waals surface area contributed by atoms with Crippen molar-refractivity contribution in [1.82, 2.24) is 5.32 Å². The van der Waals surface area contributed by atoms with Gasteiger partial charge in [-0.2, -0.15) is 0 Å². The molecule has 1 amide bonds. The van der Waals surface area contributed by atoms with Gasteiger partial charge in [0.2, 0.25) is 0 Å². The van der Waals surface area contributed by atoms with Crippen molar-refractivity contribution in [2.24, 2.45) is 5.92 Å². The van der Waals surface area contributed by atoms with E-state index in [1.165, 1.54) is 0 Å². The van der Waals surface area contributed by atoms with Gasteiger partial charge in [0, 0.05) is 11.6 Å². The number of ether oxygens (including phenoxy) is 1. The van der Waals surface area contributed by atoms with Crippen LogP contribution in [-0.2, 0) is 0 Å². The third-order valence-corrected chi connectivity index (χ3v) is 3.36. The third kappa shape index (κ3) is 3.85. The van der Waals surface area contributed by atoms with Gasteiger partial charge in [-0.05, 0) is 43.9 Å². The number of aliphatic hydroxyl groups excluding tert-OH is 1. The predicted molar refractivity (Wildman–Crippen MR) is 73.7 cm³/mol. The van der Waals surface area contributed by atoms with Gasteiger partial charge in [-0.15, -0.1) is 0 Å². The minimum absolute atomic E-state index is 0.250. The number of hydrogen-bond acceptors (Lipinski definition) is 3. The fourth-order valence-corrected chi connectivity index (χ4v) is 2.06. The molecule has 0 aromatic heterocycles. The van der Waals surface area contributed by atoms with Crippen LogP contribution in [-0.4, -0.2) is 30.3 Å². The van der Waals surface area contributed by atoms with E-state index in [2.05, 4.69) is 5.32 Å². The van der Waals surface area contributed by atoms with Gasteiger partial charge >= 0.3 is 0 Å². The standard InChI is InChI=1S/C14H18ClNO3/c1-2-19-13-7-10(15)5-6-11(13)14(18)16-8-12(17)9-3-4-9/h5-7,9,12,17H,2-4,8H2,1H3,(H,16,18). The Morgan fingerprint density at radius 2 is 2.32 bits per heavy atom. The highest BCUT2D eigenvalue weighted by Gasteiger charge is 2.29. The van der Waals surface area contributed by atoms with Crippen molar-refractivity contribution >= 4 is 17.5 Å². The number of amides is 1. The number of carbonyl (C=O) groups is 1. The second kappa shape index (κ2) is 6.26. The lowest BCUT2D eigenvalue weighted by Crippen LogP contribution is -2.33. The lowest BCUT2D eigenvalue weighted by molar-refractivity contribution is 0.0897. The van der Waals surface area contributed by atoms with Crippen molar-refractivity contribution in [2.45, 2.75) is 25.9 Å². The molecule has 1 unspecified atom stereocenters. The summed E-state index contributed by atoms with van der Waals surface area (Å²) in [6.07, 6.45) is 1.64. The molecule has 1 aromatic carbocycles. The third-order valence-electron chi connectivity index (χ3n) is 3.13. The van der Waals surface area contributed by atoms with Gasteiger partial charge < -0.3 is 15.2 Å². The molecular formula is C14H18ClNO3. The van der Waals surface area contributed by atoms with Crippen molar-refractivity contribution in [1.29, 1.82) is 0 Å². The summed E-state index contributed by atoms with van der Waals surface area (Å²) in [4.78, 5) is 12.1. The van der Waals surface area contributed by atoms with Gasteiger partial charge in [0.05, 0.1) is 18.3 Å². The average molecular weight is 284 g/mol. The highest BCUT2D eigenvalue weighted by atomic mass is 35.5. The van der Waals surface area contributed by atoms with Crippen LogP contribution in [0.3, 0.4) is 0 Å². The molecule has 1 aliphatic carbocycles. The number of hydrogen-bond donors (Lipinski definition) is 2. The van der Waals surface area contributed by atoms with Gasteiger partial charge in [0.15, 0.2) is 0 Å². The number of nitrogens with one attached hydrogen (secondary N) is 1. The zero-order valence-electron chi connectivity index (χ0n) is 10.9. The SMILES string of the molecule is CCOc1cc(Cl)ccc1C(=O)NCC(O)C1CC1. The molecule has 0 radical (unpaired) electrons. The Kier molecular flexibility index (Phi) is 4.66. The molecule has 2 N–H and O–H groups in total. The second-order valence-electron chi connectivity index (χ2n) is 4.69. The maximum Gasteiger partial charge on any atom is 0.255 e. The molecule has 0 bridgehead atoms. The number of benzene rings is 1. The monoisotopic (exact) mass is 283 g/mol. The molecule has 5 heteroatoms. The predicted octanol–water partition coefficient (Wildman–Crippen LogP) is 2.24. The summed E-state index contributed by atoms with van der Waals surface area (Å²) in [5.74, 6) is 0.560. The molecule has 1 atom stereocenters. The Balaban J connectivity index is 2.00. The summed E-state index contributed by atoms with van der Waals surface area (Å²) in [6, 6.07) is 4.90. The Labute approximate surface area is 117 Å². The van der Waals surface area contributed by atoms with Crippen LogP contribution in [0.4, 0.5) is 0 Å². The molecule has 104 valence electrons. The van der Waals surface area contributed by atoms with Crippen LogP contribution in [0.5, 0.6) is 5.75 Å². The molecule has 0 saturated heterocycles. The Hall–Kier alpha value is -1.26. The van der Waals surface area contributed by atoms with Crippen LogP contribution in [0.25, 0.3) is 0 Å². The fraction of sp³-hybridized carbons (Fsp3) is 0.500. The zero-order chi connectivity index (χ0) is 13.8. The Morgan fingerprint density at radius 3 is 2.95 bits per heavy atom. The fourth-order valence-electron chi connectivity index (χ4n) is 1.90. The number of carbonyl (C=O) groups excluding carboxylic acids is 1. The topological polar surface area (TPSA) is 58.6 Å². The molecule has 0 aliphatic heterocycles. The maximum absolute atomic E-state index is 12.1. The van der Waals surface area contributed by atoms with E-state index in [9.17, 15) is 9.90 Å². The smallest absolute Gasteiger partial charge is 0.255 e. The van der Waals surface area contributed by atoms with Crippen molar-refractivity contribution in [3.63, 3.8) is 0 Å². The minimum atomic E-state index is -0.452. The highest BCUT2D eigenvalue weighted by molar-refractivity contribution is 6.30. The van der Waals surface area contributed by atoms with E-state index < -0.39 is 6.10 Å². The van der Waals surface area contributed by atoms with Crippen molar-refractivity contribution in [3.05, 3.63) is 28.8 Å². The van der Waals surface area contributed by atoms with E-state index in [0.717, 1.165) is 12.8 Å². The molecule has 2 rings (SSSR count). The van der Waals surface area contributed by atoms with Crippen LogP contribution in [0.2, 0.25) is 5.02 Å². The maximum atomic E-state index is 12.1. The first-order chi connectivity index (χ1) is 9.11. The van der Waals surface area contributed by atoms with Gasteiger partial charge in [-0.25, -0.2) is 0 Å². The van der Waals surface area contributed by atoms with Crippen molar-refractivity contribution in [3.8, 4) is 5.75 Å². The van der Waals surface area contributed by atoms with Crippen molar-refractivity contribution in [2.75, 3.05) is 13.2 Å². The molecule has 1 aromatic rings. The second-order valence-corrected chi connectivity index (χ2v) is 5.12. The molecular weight excluding hydrogens is 266 g/mol. The molecule has 1 aliphatic rings.